The average Bonchev–Trinajstić information content (AvgIpc) is 2.79. The molecule has 0 aliphatic rings. The summed E-state index contributed by atoms with van der Waals surface area (Å²) in [5.41, 5.74) is 2.24. The van der Waals surface area contributed by atoms with Gasteiger partial charge in [0, 0.05) is 18.7 Å². The number of nitrogens with zero attached hydrogens (tertiary/aromatic N) is 1. The van der Waals surface area contributed by atoms with Crippen LogP contribution in [-0.2, 0) is 23.1 Å². The molecule has 0 saturated heterocycles. The van der Waals surface area contributed by atoms with Crippen molar-refractivity contribution in [3.8, 4) is 5.75 Å². The zero-order valence-corrected chi connectivity index (χ0v) is 17.7. The van der Waals surface area contributed by atoms with Gasteiger partial charge in [-0.05, 0) is 36.4 Å². The van der Waals surface area contributed by atoms with Gasteiger partial charge in [-0.15, -0.1) is 0 Å². The summed E-state index contributed by atoms with van der Waals surface area (Å²) in [6.45, 7) is 0.795. The van der Waals surface area contributed by atoms with E-state index < -0.39 is 10.0 Å². The van der Waals surface area contributed by atoms with Crippen LogP contribution in [0.3, 0.4) is 0 Å². The number of benzene rings is 3. The van der Waals surface area contributed by atoms with Crippen LogP contribution in [0.1, 0.15) is 21.5 Å². The van der Waals surface area contributed by atoms with E-state index in [9.17, 15) is 13.2 Å². The van der Waals surface area contributed by atoms with Crippen molar-refractivity contribution in [3.05, 3.63) is 95.6 Å². The van der Waals surface area contributed by atoms with Crippen LogP contribution in [0.4, 0.5) is 0 Å². The van der Waals surface area contributed by atoms with Crippen molar-refractivity contribution in [3.63, 3.8) is 0 Å². The van der Waals surface area contributed by atoms with Gasteiger partial charge in [-0.1, -0.05) is 60.7 Å². The summed E-state index contributed by atoms with van der Waals surface area (Å²) in [7, 11) is -1.07. The molecule has 0 aromatic heterocycles. The van der Waals surface area contributed by atoms with Crippen LogP contribution >= 0.6 is 0 Å². The maximum Gasteiger partial charge on any atom is 0.254 e. The monoisotopic (exact) mass is 424 g/mol. The molecule has 1 N–H and O–H groups in total. The third kappa shape index (κ3) is 5.06. The van der Waals surface area contributed by atoms with Crippen molar-refractivity contribution >= 4 is 15.9 Å². The predicted molar refractivity (Wildman–Crippen MR) is 116 cm³/mol. The van der Waals surface area contributed by atoms with Gasteiger partial charge in [0.05, 0.1) is 7.11 Å². The summed E-state index contributed by atoms with van der Waals surface area (Å²) in [4.78, 5) is 15.0. The zero-order chi connectivity index (χ0) is 21.6. The van der Waals surface area contributed by atoms with Crippen molar-refractivity contribution < 1.29 is 17.9 Å². The minimum Gasteiger partial charge on any atom is -0.495 e. The van der Waals surface area contributed by atoms with E-state index in [-0.39, 0.29) is 22.1 Å². The molecule has 0 spiro atoms. The fourth-order valence-corrected chi connectivity index (χ4v) is 4.04. The van der Waals surface area contributed by atoms with Gasteiger partial charge in [-0.25, -0.2) is 13.1 Å². The maximum atomic E-state index is 13.4. The first kappa shape index (κ1) is 21.5. The van der Waals surface area contributed by atoms with Crippen LogP contribution in [0.2, 0.25) is 0 Å². The Labute approximate surface area is 177 Å². The van der Waals surface area contributed by atoms with Gasteiger partial charge in [-0.3, -0.25) is 4.79 Å². The van der Waals surface area contributed by atoms with Crippen LogP contribution in [0, 0.1) is 0 Å². The number of rotatable bonds is 8. The molecule has 0 heterocycles. The van der Waals surface area contributed by atoms with Crippen LogP contribution in [0.25, 0.3) is 0 Å². The molecule has 3 rings (SSSR count). The second-order valence-corrected chi connectivity index (χ2v) is 8.56. The molecule has 0 aliphatic carbocycles. The third-order valence-corrected chi connectivity index (χ3v) is 6.12. The van der Waals surface area contributed by atoms with Crippen LogP contribution < -0.4 is 9.46 Å². The largest absolute Gasteiger partial charge is 0.495 e. The molecule has 7 heteroatoms. The molecule has 3 aromatic rings. The quantitative estimate of drug-likeness (QED) is 0.601. The molecule has 0 bridgehead atoms. The zero-order valence-electron chi connectivity index (χ0n) is 16.9. The predicted octanol–water partition coefficient (Wildman–Crippen LogP) is 3.45. The number of hydrogen-bond acceptors (Lipinski definition) is 4. The summed E-state index contributed by atoms with van der Waals surface area (Å²) >= 11 is 0. The summed E-state index contributed by atoms with van der Waals surface area (Å²) in [6, 6.07) is 23.8. The summed E-state index contributed by atoms with van der Waals surface area (Å²) in [6.07, 6.45) is 0. The van der Waals surface area contributed by atoms with Crippen LogP contribution in [-0.4, -0.2) is 33.4 Å². The number of hydrogen-bond donors (Lipinski definition) is 1. The second-order valence-electron chi connectivity index (χ2n) is 6.71. The summed E-state index contributed by atoms with van der Waals surface area (Å²) in [5.74, 6) is -0.0866. The number of nitrogens with one attached hydrogen (secondary N) is 1. The molecule has 0 aliphatic heterocycles. The van der Waals surface area contributed by atoms with E-state index in [2.05, 4.69) is 4.72 Å². The van der Waals surface area contributed by atoms with E-state index in [0.717, 1.165) is 11.1 Å². The lowest BCUT2D eigenvalue weighted by atomic mass is 10.1. The van der Waals surface area contributed by atoms with Gasteiger partial charge in [0.15, 0.2) is 0 Å². The molecular formula is C23H24N2O4S. The highest BCUT2D eigenvalue weighted by Gasteiger charge is 2.23. The van der Waals surface area contributed by atoms with Gasteiger partial charge < -0.3 is 9.64 Å². The number of carbonyl (C=O) groups excluding carboxylic acids is 1. The maximum absolute atomic E-state index is 13.4. The van der Waals surface area contributed by atoms with E-state index >= 15 is 0 Å². The molecule has 0 saturated carbocycles. The second kappa shape index (κ2) is 9.56. The number of ether oxygens (including phenoxy) is 1. The average molecular weight is 425 g/mol. The van der Waals surface area contributed by atoms with Gasteiger partial charge in [0.1, 0.15) is 10.6 Å². The standard InChI is InChI=1S/C23H24N2O4S/c1-24-30(27,28)22-15-20(13-14-21(22)29-2)23(26)25(16-18-9-5-3-6-10-18)17-19-11-7-4-8-12-19/h3-15,24H,16-17H2,1-2H3. The van der Waals surface area contributed by atoms with E-state index in [0.29, 0.717) is 13.1 Å². The molecule has 3 aromatic carbocycles. The van der Waals surface area contributed by atoms with Crippen molar-refractivity contribution in [1.29, 1.82) is 0 Å². The summed E-state index contributed by atoms with van der Waals surface area (Å²) in [5, 5.41) is 0. The smallest absolute Gasteiger partial charge is 0.254 e. The number of methoxy groups -OCH3 is 1. The Morgan fingerprint density at radius 3 is 1.90 bits per heavy atom. The molecule has 156 valence electrons. The lowest BCUT2D eigenvalue weighted by Crippen LogP contribution is -2.30. The van der Waals surface area contributed by atoms with Gasteiger partial charge in [0.2, 0.25) is 10.0 Å². The van der Waals surface area contributed by atoms with Gasteiger partial charge in [-0.2, -0.15) is 0 Å². The fourth-order valence-electron chi connectivity index (χ4n) is 3.12. The van der Waals surface area contributed by atoms with E-state index in [1.54, 1.807) is 11.0 Å². The Hall–Kier alpha value is -3.16. The molecule has 0 atom stereocenters. The number of carbonyl (C=O) groups is 1. The Bertz CT molecular complexity index is 1060. The minimum absolute atomic E-state index is 0.0716. The highest BCUT2D eigenvalue weighted by atomic mass is 32.2. The van der Waals surface area contributed by atoms with Gasteiger partial charge >= 0.3 is 0 Å². The van der Waals surface area contributed by atoms with Crippen LogP contribution in [0.15, 0.2) is 83.8 Å². The Balaban J connectivity index is 1.98. The number of sulfonamides is 1. The Morgan fingerprint density at radius 1 is 0.900 bits per heavy atom. The van der Waals surface area contributed by atoms with Crippen LogP contribution in [0.5, 0.6) is 5.75 Å². The molecule has 0 fully saturated rings. The Morgan fingerprint density at radius 2 is 1.43 bits per heavy atom. The normalized spacial score (nSPS) is 11.1. The lowest BCUT2D eigenvalue weighted by molar-refractivity contribution is 0.0729. The van der Waals surface area contributed by atoms with Crippen molar-refractivity contribution in [2.45, 2.75) is 18.0 Å². The van der Waals surface area contributed by atoms with E-state index in [1.165, 1.54) is 26.3 Å². The van der Waals surface area contributed by atoms with Gasteiger partial charge in [0.25, 0.3) is 5.91 Å². The van der Waals surface area contributed by atoms with E-state index in [1.807, 2.05) is 60.7 Å². The molecule has 6 nitrogen and oxygen atoms in total. The molecule has 0 unspecified atom stereocenters. The molecule has 30 heavy (non-hydrogen) atoms. The highest BCUT2D eigenvalue weighted by molar-refractivity contribution is 7.89. The number of amides is 1. The van der Waals surface area contributed by atoms with Crippen molar-refractivity contribution in [2.24, 2.45) is 0 Å². The van der Waals surface area contributed by atoms with E-state index in [4.69, 9.17) is 4.74 Å². The molecule has 0 radical (unpaired) electrons. The first-order valence-electron chi connectivity index (χ1n) is 9.43. The summed E-state index contributed by atoms with van der Waals surface area (Å²) < 4.78 is 32.2. The Kier molecular flexibility index (Phi) is 6.87. The molecular weight excluding hydrogens is 400 g/mol. The minimum atomic E-state index is -3.79. The first-order chi connectivity index (χ1) is 14.4. The fraction of sp³-hybridized carbons (Fsp3) is 0.174. The van der Waals surface area contributed by atoms with Crippen molar-refractivity contribution in [1.82, 2.24) is 9.62 Å². The SMILES string of the molecule is CNS(=O)(=O)c1cc(C(=O)N(Cc2ccccc2)Cc2ccccc2)ccc1OC. The topological polar surface area (TPSA) is 75.7 Å². The lowest BCUT2D eigenvalue weighted by Gasteiger charge is -2.24. The highest BCUT2D eigenvalue weighted by Crippen LogP contribution is 2.26. The third-order valence-electron chi connectivity index (χ3n) is 4.69. The van der Waals surface area contributed by atoms with Crippen molar-refractivity contribution in [2.75, 3.05) is 14.2 Å². The first-order valence-corrected chi connectivity index (χ1v) is 10.9. The molecule has 1 amide bonds.